The molecule has 0 aliphatic heterocycles. The highest BCUT2D eigenvalue weighted by Gasteiger charge is 2.11. The molecule has 2 heterocycles. The molecule has 4 nitrogen and oxygen atoms in total. The van der Waals surface area contributed by atoms with E-state index in [-0.39, 0.29) is 10.9 Å². The molecule has 0 N–H and O–H groups in total. The van der Waals surface area contributed by atoms with Crippen LogP contribution in [0.15, 0.2) is 107 Å². The van der Waals surface area contributed by atoms with Gasteiger partial charge in [0.25, 0.3) is 0 Å². The zero-order valence-corrected chi connectivity index (χ0v) is 14.9. The van der Waals surface area contributed by atoms with Crippen molar-refractivity contribution in [3.05, 3.63) is 118 Å². The lowest BCUT2D eigenvalue weighted by molar-refractivity contribution is 1.08. The number of rotatable bonds is 2. The van der Waals surface area contributed by atoms with Crippen molar-refractivity contribution in [2.24, 2.45) is 0 Å². The number of pyridine rings is 2. The lowest BCUT2D eigenvalue weighted by Gasteiger charge is -2.15. The smallest absolute Gasteiger partial charge is 0.189 e. The average molecular weight is 364 g/mol. The summed E-state index contributed by atoms with van der Waals surface area (Å²) in [6, 6.07) is 26.4. The molecule has 28 heavy (non-hydrogen) atoms. The predicted octanol–water partition coefficient (Wildman–Crippen LogP) is 4.29. The Morgan fingerprint density at radius 1 is 0.500 bits per heavy atom. The molecule has 0 fully saturated rings. The van der Waals surface area contributed by atoms with Gasteiger partial charge in [0.15, 0.2) is 10.9 Å². The Balaban J connectivity index is 1.94. The van der Waals surface area contributed by atoms with E-state index in [9.17, 15) is 9.59 Å². The van der Waals surface area contributed by atoms with Crippen LogP contribution >= 0.6 is 0 Å². The maximum absolute atomic E-state index is 12.5. The Kier molecular flexibility index (Phi) is 3.69. The molecule has 0 aliphatic carbocycles. The fourth-order valence-electron chi connectivity index (χ4n) is 3.62. The summed E-state index contributed by atoms with van der Waals surface area (Å²) in [6.07, 6.45) is 3.56. The maximum atomic E-state index is 12.5. The number of para-hydroxylation sites is 2. The molecule has 0 amide bonds. The summed E-state index contributed by atoms with van der Waals surface area (Å²) in [7, 11) is 0. The number of aromatic nitrogens is 2. The first-order chi connectivity index (χ1) is 13.7. The third kappa shape index (κ3) is 2.55. The first-order valence-corrected chi connectivity index (χ1v) is 9.04. The van der Waals surface area contributed by atoms with Crippen molar-refractivity contribution in [1.29, 1.82) is 0 Å². The van der Waals surface area contributed by atoms with Crippen LogP contribution in [0, 0.1) is 0 Å². The monoisotopic (exact) mass is 364 g/mol. The van der Waals surface area contributed by atoms with Crippen molar-refractivity contribution in [2.75, 3.05) is 0 Å². The third-order valence-electron chi connectivity index (χ3n) is 4.98. The highest BCUT2D eigenvalue weighted by atomic mass is 16.1. The van der Waals surface area contributed by atoms with Gasteiger partial charge in [0.2, 0.25) is 0 Å². The Morgan fingerprint density at radius 3 is 1.36 bits per heavy atom. The lowest BCUT2D eigenvalue weighted by atomic mass is 10.1. The van der Waals surface area contributed by atoms with Crippen LogP contribution in [0.1, 0.15) is 0 Å². The number of benzene rings is 3. The molecule has 3 aromatic carbocycles. The van der Waals surface area contributed by atoms with Crippen LogP contribution in [-0.2, 0) is 0 Å². The van der Waals surface area contributed by atoms with E-state index in [0.717, 1.165) is 22.4 Å². The first kappa shape index (κ1) is 16.3. The molecule has 0 spiro atoms. The summed E-state index contributed by atoms with van der Waals surface area (Å²) in [5.74, 6) is 0. The van der Waals surface area contributed by atoms with Crippen LogP contribution in [-0.4, -0.2) is 9.13 Å². The zero-order chi connectivity index (χ0) is 19.1. The third-order valence-corrected chi connectivity index (χ3v) is 4.98. The fourth-order valence-corrected chi connectivity index (χ4v) is 3.62. The highest BCUT2D eigenvalue weighted by molar-refractivity contribution is 5.96. The van der Waals surface area contributed by atoms with E-state index in [1.54, 1.807) is 30.6 Å². The molecule has 134 valence electrons. The second kappa shape index (κ2) is 6.35. The van der Waals surface area contributed by atoms with Crippen molar-refractivity contribution in [3.8, 4) is 11.4 Å². The molecule has 5 rings (SSSR count). The predicted molar refractivity (Wildman–Crippen MR) is 113 cm³/mol. The van der Waals surface area contributed by atoms with E-state index in [1.807, 2.05) is 75.9 Å². The van der Waals surface area contributed by atoms with E-state index in [0.29, 0.717) is 10.8 Å². The summed E-state index contributed by atoms with van der Waals surface area (Å²) >= 11 is 0. The van der Waals surface area contributed by atoms with Crippen molar-refractivity contribution >= 4 is 21.8 Å². The minimum Gasteiger partial charge on any atom is -0.316 e. The number of hydrogen-bond donors (Lipinski definition) is 0. The SMILES string of the molecule is O=c1ccn(-c2ccccc2)c2cc3c(cc12)c(=O)ccn3-c1ccccc1. The molecule has 5 aromatic rings. The van der Waals surface area contributed by atoms with Gasteiger partial charge in [0.1, 0.15) is 0 Å². The fraction of sp³-hybridized carbons (Fsp3) is 0. The number of nitrogens with zero attached hydrogens (tertiary/aromatic N) is 2. The zero-order valence-electron chi connectivity index (χ0n) is 14.9. The molecule has 0 radical (unpaired) electrons. The number of hydrogen-bond acceptors (Lipinski definition) is 2. The lowest BCUT2D eigenvalue weighted by Crippen LogP contribution is -2.11. The van der Waals surface area contributed by atoms with Gasteiger partial charge >= 0.3 is 0 Å². The topological polar surface area (TPSA) is 44.0 Å². The van der Waals surface area contributed by atoms with Gasteiger partial charge in [-0.1, -0.05) is 36.4 Å². The molecule has 2 aromatic heterocycles. The first-order valence-electron chi connectivity index (χ1n) is 9.04. The van der Waals surface area contributed by atoms with Crippen LogP contribution in [0.25, 0.3) is 33.2 Å². The summed E-state index contributed by atoms with van der Waals surface area (Å²) in [5.41, 5.74) is 3.24. The van der Waals surface area contributed by atoms with Crippen molar-refractivity contribution in [1.82, 2.24) is 9.13 Å². The van der Waals surface area contributed by atoms with Crippen LogP contribution in [0.2, 0.25) is 0 Å². The second-order valence-corrected chi connectivity index (χ2v) is 6.66. The van der Waals surface area contributed by atoms with E-state index in [2.05, 4.69) is 0 Å². The van der Waals surface area contributed by atoms with Gasteiger partial charge in [-0.05, 0) is 36.4 Å². The Labute approximate surface area is 160 Å². The van der Waals surface area contributed by atoms with Gasteiger partial charge in [0, 0.05) is 46.7 Å². The van der Waals surface area contributed by atoms with Crippen LogP contribution in [0.3, 0.4) is 0 Å². The Hall–Kier alpha value is -3.92. The Bertz CT molecular complexity index is 1320. The standard InChI is InChI=1S/C24H16N2O2/c27-23-11-13-25(17-7-3-1-4-8-17)21-16-22-20(15-19(21)23)24(28)12-14-26(22)18-9-5-2-6-10-18/h1-16H. The molecule has 0 aliphatic rings. The summed E-state index contributed by atoms with van der Waals surface area (Å²) < 4.78 is 3.95. The van der Waals surface area contributed by atoms with Gasteiger partial charge in [-0.25, -0.2) is 0 Å². The van der Waals surface area contributed by atoms with Crippen LogP contribution < -0.4 is 10.9 Å². The van der Waals surface area contributed by atoms with E-state index >= 15 is 0 Å². The van der Waals surface area contributed by atoms with Crippen LogP contribution in [0.4, 0.5) is 0 Å². The average Bonchev–Trinajstić information content (AvgIpc) is 2.75. The van der Waals surface area contributed by atoms with Crippen molar-refractivity contribution < 1.29 is 0 Å². The van der Waals surface area contributed by atoms with Gasteiger partial charge in [0.05, 0.1) is 11.0 Å². The van der Waals surface area contributed by atoms with Crippen molar-refractivity contribution in [3.63, 3.8) is 0 Å². The number of fused-ring (bicyclic) bond motifs is 2. The largest absolute Gasteiger partial charge is 0.316 e. The summed E-state index contributed by atoms with van der Waals surface area (Å²) in [5, 5.41) is 1.06. The molecular weight excluding hydrogens is 348 g/mol. The van der Waals surface area contributed by atoms with Gasteiger partial charge in [-0.15, -0.1) is 0 Å². The summed E-state index contributed by atoms with van der Waals surface area (Å²) in [6.45, 7) is 0. The normalized spacial score (nSPS) is 11.1. The van der Waals surface area contributed by atoms with Gasteiger partial charge in [-0.2, -0.15) is 0 Å². The van der Waals surface area contributed by atoms with Crippen molar-refractivity contribution in [2.45, 2.75) is 0 Å². The molecule has 0 atom stereocenters. The molecule has 0 bridgehead atoms. The minimum absolute atomic E-state index is 0.0985. The maximum Gasteiger partial charge on any atom is 0.189 e. The minimum atomic E-state index is -0.0985. The van der Waals surface area contributed by atoms with E-state index < -0.39 is 0 Å². The molecule has 0 unspecified atom stereocenters. The van der Waals surface area contributed by atoms with Crippen LogP contribution in [0.5, 0.6) is 0 Å². The molecule has 4 heteroatoms. The quantitative estimate of drug-likeness (QED) is 0.439. The second-order valence-electron chi connectivity index (χ2n) is 6.66. The summed E-state index contributed by atoms with van der Waals surface area (Å²) in [4.78, 5) is 25.1. The van der Waals surface area contributed by atoms with Gasteiger partial charge < -0.3 is 9.13 Å². The van der Waals surface area contributed by atoms with Gasteiger partial charge in [-0.3, -0.25) is 9.59 Å². The highest BCUT2D eigenvalue weighted by Crippen LogP contribution is 2.23. The van der Waals surface area contributed by atoms with E-state index in [1.165, 1.54) is 0 Å². The Morgan fingerprint density at radius 2 is 0.929 bits per heavy atom. The molecule has 0 saturated carbocycles. The molecular formula is C24H16N2O2. The molecule has 0 saturated heterocycles. The van der Waals surface area contributed by atoms with E-state index in [4.69, 9.17) is 0 Å².